The number of halogens is 1. The van der Waals surface area contributed by atoms with Crippen molar-refractivity contribution in [2.45, 2.75) is 13.0 Å². The highest BCUT2D eigenvalue weighted by Crippen LogP contribution is 2.30. The molecular formula is C16H14BrN5O. The van der Waals surface area contributed by atoms with Gasteiger partial charge >= 0.3 is 6.03 Å². The Kier molecular flexibility index (Phi) is 3.49. The van der Waals surface area contributed by atoms with E-state index in [1.54, 1.807) is 11.1 Å². The number of amides is 2. The Bertz CT molecular complexity index is 877. The number of benzene rings is 1. The van der Waals surface area contributed by atoms with Gasteiger partial charge in [0.05, 0.1) is 12.7 Å². The third-order valence-corrected chi connectivity index (χ3v) is 4.72. The molecule has 0 saturated carbocycles. The third-order valence-electron chi connectivity index (χ3n) is 4.06. The molecule has 116 valence electrons. The number of carbonyl (C=O) groups excluding carboxylic acids is 1. The molecule has 0 radical (unpaired) electrons. The second-order valence-electron chi connectivity index (χ2n) is 5.46. The maximum atomic E-state index is 12.5. The molecule has 0 unspecified atom stereocenters. The first kappa shape index (κ1) is 14.2. The molecule has 23 heavy (non-hydrogen) atoms. The molecule has 2 N–H and O–H groups in total. The maximum Gasteiger partial charge on any atom is 0.322 e. The van der Waals surface area contributed by atoms with Gasteiger partial charge in [0.2, 0.25) is 0 Å². The van der Waals surface area contributed by atoms with Crippen LogP contribution in [0.3, 0.4) is 0 Å². The molecule has 3 heterocycles. The first-order valence-electron chi connectivity index (χ1n) is 7.33. The van der Waals surface area contributed by atoms with Crippen molar-refractivity contribution in [3.05, 3.63) is 52.3 Å². The first-order valence-corrected chi connectivity index (χ1v) is 8.13. The van der Waals surface area contributed by atoms with Gasteiger partial charge in [-0.15, -0.1) is 0 Å². The molecule has 0 atom stereocenters. The Hall–Kier alpha value is -2.41. The summed E-state index contributed by atoms with van der Waals surface area (Å²) in [5, 5.41) is 10.9. The zero-order valence-corrected chi connectivity index (χ0v) is 13.8. The average molecular weight is 372 g/mol. The molecule has 0 fully saturated rings. The van der Waals surface area contributed by atoms with Crippen LogP contribution in [0.15, 0.2) is 41.1 Å². The molecule has 2 amide bonds. The standard InChI is InChI=1S/C16H14BrN5O/c17-14-13-9-22(16(23)19-10-4-2-1-3-5-10)7-6-11(13)12-8-18-21-15(12)20-14/h1-5,8H,6-7,9H2,(H,19,23)(H,18,20,21). The van der Waals surface area contributed by atoms with Crippen LogP contribution in [0.4, 0.5) is 10.5 Å². The Labute approximate surface area is 141 Å². The van der Waals surface area contributed by atoms with E-state index in [2.05, 4.69) is 36.4 Å². The number of hydrogen-bond acceptors (Lipinski definition) is 3. The second-order valence-corrected chi connectivity index (χ2v) is 6.21. The molecule has 1 aliphatic rings. The number of H-pyrrole nitrogens is 1. The molecule has 0 aliphatic carbocycles. The average Bonchev–Trinajstić information content (AvgIpc) is 3.04. The fourth-order valence-electron chi connectivity index (χ4n) is 2.90. The van der Waals surface area contributed by atoms with Crippen molar-refractivity contribution in [3.8, 4) is 0 Å². The van der Waals surface area contributed by atoms with E-state index < -0.39 is 0 Å². The van der Waals surface area contributed by atoms with Gasteiger partial charge in [-0.05, 0) is 40.0 Å². The van der Waals surface area contributed by atoms with E-state index >= 15 is 0 Å². The summed E-state index contributed by atoms with van der Waals surface area (Å²) in [5.74, 6) is 0. The van der Waals surface area contributed by atoms with Crippen LogP contribution in [-0.2, 0) is 13.0 Å². The molecular weight excluding hydrogens is 358 g/mol. The number of fused-ring (bicyclic) bond motifs is 3. The van der Waals surface area contributed by atoms with Crippen molar-refractivity contribution >= 4 is 38.7 Å². The van der Waals surface area contributed by atoms with E-state index in [9.17, 15) is 4.79 Å². The Balaban J connectivity index is 1.60. The number of rotatable bonds is 1. The monoisotopic (exact) mass is 371 g/mol. The zero-order valence-electron chi connectivity index (χ0n) is 12.2. The topological polar surface area (TPSA) is 73.9 Å². The maximum absolute atomic E-state index is 12.5. The quantitative estimate of drug-likeness (QED) is 0.644. The minimum atomic E-state index is -0.0963. The van der Waals surface area contributed by atoms with Gasteiger partial charge in [-0.2, -0.15) is 5.10 Å². The smallest absolute Gasteiger partial charge is 0.320 e. The molecule has 2 aromatic heterocycles. The van der Waals surface area contributed by atoms with E-state index in [0.29, 0.717) is 13.1 Å². The van der Waals surface area contributed by atoms with Gasteiger partial charge in [0.1, 0.15) is 4.60 Å². The number of para-hydroxylation sites is 1. The molecule has 0 saturated heterocycles. The number of pyridine rings is 1. The minimum Gasteiger partial charge on any atom is -0.320 e. The fraction of sp³-hybridized carbons (Fsp3) is 0.188. The summed E-state index contributed by atoms with van der Waals surface area (Å²) in [6.07, 6.45) is 2.59. The normalized spacial score (nSPS) is 13.9. The number of nitrogens with one attached hydrogen (secondary N) is 2. The van der Waals surface area contributed by atoms with Crippen LogP contribution in [0.5, 0.6) is 0 Å². The fourth-order valence-corrected chi connectivity index (χ4v) is 3.44. The number of anilines is 1. The highest BCUT2D eigenvalue weighted by atomic mass is 79.9. The van der Waals surface area contributed by atoms with Crippen molar-refractivity contribution in [1.29, 1.82) is 0 Å². The van der Waals surface area contributed by atoms with Crippen molar-refractivity contribution in [1.82, 2.24) is 20.1 Å². The summed E-state index contributed by atoms with van der Waals surface area (Å²) in [5.41, 5.74) is 3.83. The van der Waals surface area contributed by atoms with E-state index in [0.717, 1.165) is 33.3 Å². The van der Waals surface area contributed by atoms with E-state index in [-0.39, 0.29) is 6.03 Å². The van der Waals surface area contributed by atoms with Crippen LogP contribution in [0.1, 0.15) is 11.1 Å². The summed E-state index contributed by atoms with van der Waals surface area (Å²) in [6.45, 7) is 1.20. The molecule has 3 aromatic rings. The third kappa shape index (κ3) is 2.57. The van der Waals surface area contributed by atoms with Gasteiger partial charge in [-0.1, -0.05) is 18.2 Å². The summed E-state index contributed by atoms with van der Waals surface area (Å²) < 4.78 is 0.765. The Morgan fingerprint density at radius 1 is 1.26 bits per heavy atom. The zero-order chi connectivity index (χ0) is 15.8. The highest BCUT2D eigenvalue weighted by Gasteiger charge is 2.25. The van der Waals surface area contributed by atoms with Gasteiger partial charge < -0.3 is 10.2 Å². The summed E-state index contributed by atoms with van der Waals surface area (Å²) in [6, 6.07) is 9.38. The summed E-state index contributed by atoms with van der Waals surface area (Å²) >= 11 is 3.51. The number of hydrogen-bond donors (Lipinski definition) is 2. The van der Waals surface area contributed by atoms with Crippen LogP contribution in [0.25, 0.3) is 11.0 Å². The summed E-state index contributed by atoms with van der Waals surface area (Å²) in [4.78, 5) is 18.7. The van der Waals surface area contributed by atoms with Crippen LogP contribution in [0, 0.1) is 0 Å². The number of nitrogens with zero attached hydrogens (tertiary/aromatic N) is 3. The van der Waals surface area contributed by atoms with Gasteiger partial charge in [-0.3, -0.25) is 5.10 Å². The van der Waals surface area contributed by atoms with Crippen LogP contribution < -0.4 is 5.32 Å². The molecule has 0 bridgehead atoms. The minimum absolute atomic E-state index is 0.0963. The van der Waals surface area contributed by atoms with Gasteiger partial charge in [-0.25, -0.2) is 9.78 Å². The van der Waals surface area contributed by atoms with Crippen molar-refractivity contribution in [2.75, 3.05) is 11.9 Å². The van der Waals surface area contributed by atoms with Crippen LogP contribution in [-0.4, -0.2) is 32.7 Å². The van der Waals surface area contributed by atoms with Crippen molar-refractivity contribution < 1.29 is 4.79 Å². The van der Waals surface area contributed by atoms with E-state index in [4.69, 9.17) is 0 Å². The predicted molar refractivity (Wildman–Crippen MR) is 91.2 cm³/mol. The Morgan fingerprint density at radius 3 is 2.91 bits per heavy atom. The predicted octanol–water partition coefficient (Wildman–Crippen LogP) is 3.31. The lowest BCUT2D eigenvalue weighted by Crippen LogP contribution is -2.39. The Morgan fingerprint density at radius 2 is 2.09 bits per heavy atom. The van der Waals surface area contributed by atoms with E-state index in [1.807, 2.05) is 30.3 Å². The molecule has 6 nitrogen and oxygen atoms in total. The molecule has 1 aliphatic heterocycles. The molecule has 4 rings (SSSR count). The van der Waals surface area contributed by atoms with Crippen molar-refractivity contribution in [3.63, 3.8) is 0 Å². The first-order chi connectivity index (χ1) is 11.2. The SMILES string of the molecule is O=C(Nc1ccccc1)N1CCc2c(c(Br)nc3[nH]ncc23)C1. The number of urea groups is 1. The van der Waals surface area contributed by atoms with Crippen LogP contribution >= 0.6 is 15.9 Å². The lowest BCUT2D eigenvalue weighted by Gasteiger charge is -2.29. The lowest BCUT2D eigenvalue weighted by atomic mass is 9.99. The molecule has 0 spiro atoms. The highest BCUT2D eigenvalue weighted by molar-refractivity contribution is 9.10. The van der Waals surface area contributed by atoms with E-state index in [1.165, 1.54) is 5.56 Å². The second kappa shape index (κ2) is 5.66. The number of carbonyl (C=O) groups is 1. The molecule has 1 aromatic carbocycles. The number of aromatic amines is 1. The van der Waals surface area contributed by atoms with Gasteiger partial charge in [0, 0.05) is 23.2 Å². The molecule has 7 heteroatoms. The van der Waals surface area contributed by atoms with Crippen LogP contribution in [0.2, 0.25) is 0 Å². The van der Waals surface area contributed by atoms with Gasteiger partial charge in [0.25, 0.3) is 0 Å². The number of aromatic nitrogens is 3. The van der Waals surface area contributed by atoms with Crippen molar-refractivity contribution in [2.24, 2.45) is 0 Å². The summed E-state index contributed by atoms with van der Waals surface area (Å²) in [7, 11) is 0. The largest absolute Gasteiger partial charge is 0.322 e. The van der Waals surface area contributed by atoms with Gasteiger partial charge in [0.15, 0.2) is 5.65 Å². The lowest BCUT2D eigenvalue weighted by molar-refractivity contribution is 0.206.